The van der Waals surface area contributed by atoms with Gasteiger partial charge in [0.2, 0.25) is 5.88 Å². The van der Waals surface area contributed by atoms with Gasteiger partial charge in [-0.1, -0.05) is 47.6 Å². The number of allylic oxidation sites excluding steroid dienone is 1. The second-order valence-corrected chi connectivity index (χ2v) is 5.08. The molecule has 3 rings (SSSR count). The highest BCUT2D eigenvalue weighted by molar-refractivity contribution is 5.96. The molecular weight excluding hydrogens is 304 g/mol. The molecule has 0 aliphatic rings. The molecule has 2 aromatic carbocycles. The van der Waals surface area contributed by atoms with Crippen molar-refractivity contribution in [2.45, 2.75) is 6.54 Å². The fourth-order valence-electron chi connectivity index (χ4n) is 2.45. The number of hydrogen-bond acceptors (Lipinski definition) is 3. The van der Waals surface area contributed by atoms with Gasteiger partial charge < -0.3 is 15.0 Å². The molecule has 0 fully saturated rings. The number of azo groups is 1. The van der Waals surface area contributed by atoms with E-state index in [0.717, 1.165) is 5.52 Å². The van der Waals surface area contributed by atoms with Crippen LogP contribution < -0.4 is 5.32 Å². The SMILES string of the molecule is C=CCn1c(O)c(N=NC(=O)Nc2ccccc2)c2ccccc21. The molecule has 0 aliphatic carbocycles. The number of anilines is 1. The third-order valence-electron chi connectivity index (χ3n) is 3.49. The summed E-state index contributed by atoms with van der Waals surface area (Å²) in [6, 6.07) is 15.7. The summed E-state index contributed by atoms with van der Waals surface area (Å²) in [6.07, 6.45) is 1.68. The Kier molecular flexibility index (Phi) is 4.38. The lowest BCUT2D eigenvalue weighted by atomic mass is 10.2. The van der Waals surface area contributed by atoms with Gasteiger partial charge in [0.15, 0.2) is 5.69 Å². The molecule has 0 bridgehead atoms. The number of urea groups is 1. The van der Waals surface area contributed by atoms with Crippen molar-refractivity contribution in [1.29, 1.82) is 0 Å². The van der Waals surface area contributed by atoms with Crippen LogP contribution in [0.4, 0.5) is 16.2 Å². The topological polar surface area (TPSA) is 79.0 Å². The molecule has 1 heterocycles. The van der Waals surface area contributed by atoms with Crippen molar-refractivity contribution >= 4 is 28.3 Å². The zero-order valence-corrected chi connectivity index (χ0v) is 12.9. The quantitative estimate of drug-likeness (QED) is 0.532. The van der Waals surface area contributed by atoms with Gasteiger partial charge in [-0.05, 0) is 18.2 Å². The smallest absolute Gasteiger partial charge is 0.364 e. The standard InChI is InChI=1S/C18H16N4O2/c1-2-12-22-15-11-7-6-10-14(15)16(17(22)23)20-21-18(24)19-13-8-4-3-5-9-13/h2-11,23H,1,12H2,(H,19,24). The van der Waals surface area contributed by atoms with E-state index in [1.807, 2.05) is 42.5 Å². The number of benzene rings is 2. The van der Waals surface area contributed by atoms with Gasteiger partial charge in [0, 0.05) is 17.6 Å². The monoisotopic (exact) mass is 320 g/mol. The van der Waals surface area contributed by atoms with E-state index in [9.17, 15) is 9.90 Å². The van der Waals surface area contributed by atoms with Crippen LogP contribution in [-0.2, 0) is 6.54 Å². The first kappa shape index (κ1) is 15.5. The van der Waals surface area contributed by atoms with Crippen molar-refractivity contribution in [3.05, 3.63) is 67.3 Å². The fourth-order valence-corrected chi connectivity index (χ4v) is 2.45. The molecule has 6 nitrogen and oxygen atoms in total. The summed E-state index contributed by atoms with van der Waals surface area (Å²) in [5.41, 5.74) is 1.68. The third-order valence-corrected chi connectivity index (χ3v) is 3.49. The molecule has 0 radical (unpaired) electrons. The first-order valence-electron chi connectivity index (χ1n) is 7.39. The van der Waals surface area contributed by atoms with E-state index in [4.69, 9.17) is 0 Å². The maximum absolute atomic E-state index is 11.9. The summed E-state index contributed by atoms with van der Waals surface area (Å²) >= 11 is 0. The van der Waals surface area contributed by atoms with Crippen LogP contribution >= 0.6 is 0 Å². The Morgan fingerprint density at radius 2 is 1.88 bits per heavy atom. The van der Waals surface area contributed by atoms with E-state index in [-0.39, 0.29) is 11.6 Å². The van der Waals surface area contributed by atoms with Gasteiger partial charge in [-0.3, -0.25) is 0 Å². The zero-order valence-electron chi connectivity index (χ0n) is 12.9. The molecule has 0 unspecified atom stereocenters. The van der Waals surface area contributed by atoms with Crippen LogP contribution in [0.3, 0.4) is 0 Å². The van der Waals surface area contributed by atoms with Crippen molar-refractivity contribution in [2.75, 3.05) is 5.32 Å². The van der Waals surface area contributed by atoms with Crippen molar-refractivity contribution in [3.63, 3.8) is 0 Å². The molecule has 0 aliphatic heterocycles. The Bertz CT molecular complexity index is 913. The predicted molar refractivity (Wildman–Crippen MR) is 93.8 cm³/mol. The summed E-state index contributed by atoms with van der Waals surface area (Å²) in [5.74, 6) is -0.0487. The van der Waals surface area contributed by atoms with Crippen molar-refractivity contribution < 1.29 is 9.90 Å². The van der Waals surface area contributed by atoms with Gasteiger partial charge in [-0.2, -0.15) is 0 Å². The molecule has 1 aromatic heterocycles. The molecule has 0 saturated heterocycles. The normalized spacial score (nSPS) is 11.0. The van der Waals surface area contributed by atoms with Gasteiger partial charge >= 0.3 is 6.03 Å². The molecule has 2 amide bonds. The molecule has 24 heavy (non-hydrogen) atoms. The van der Waals surface area contributed by atoms with Crippen molar-refractivity contribution in [2.24, 2.45) is 10.2 Å². The number of para-hydroxylation sites is 2. The number of nitrogens with one attached hydrogen (secondary N) is 1. The molecule has 0 spiro atoms. The van der Waals surface area contributed by atoms with Gasteiger partial charge in [-0.15, -0.1) is 11.7 Å². The van der Waals surface area contributed by atoms with Crippen molar-refractivity contribution in [3.8, 4) is 5.88 Å². The number of fused-ring (bicyclic) bond motifs is 1. The number of amides is 2. The van der Waals surface area contributed by atoms with Crippen LogP contribution in [0.1, 0.15) is 0 Å². The van der Waals surface area contributed by atoms with Crippen LogP contribution in [0.5, 0.6) is 5.88 Å². The van der Waals surface area contributed by atoms with Gasteiger partial charge in [-0.25, -0.2) is 4.79 Å². The number of carbonyl (C=O) groups is 1. The Balaban J connectivity index is 1.90. The van der Waals surface area contributed by atoms with E-state index in [0.29, 0.717) is 17.6 Å². The van der Waals surface area contributed by atoms with Gasteiger partial charge in [0.05, 0.1) is 5.52 Å². The Morgan fingerprint density at radius 1 is 1.17 bits per heavy atom. The molecule has 2 N–H and O–H groups in total. The van der Waals surface area contributed by atoms with Gasteiger partial charge in [0.1, 0.15) is 0 Å². The lowest BCUT2D eigenvalue weighted by Gasteiger charge is -2.01. The minimum atomic E-state index is -0.610. The number of carbonyl (C=O) groups excluding carboxylic acids is 1. The lowest BCUT2D eigenvalue weighted by Crippen LogP contribution is -2.04. The molecule has 120 valence electrons. The Morgan fingerprint density at radius 3 is 2.62 bits per heavy atom. The Labute approximate surface area is 138 Å². The highest BCUT2D eigenvalue weighted by atomic mass is 16.3. The average Bonchev–Trinajstić information content (AvgIpc) is 2.86. The van der Waals surface area contributed by atoms with E-state index >= 15 is 0 Å². The molecule has 6 heteroatoms. The molecular formula is C18H16N4O2. The fraction of sp³-hybridized carbons (Fsp3) is 0.0556. The minimum Gasteiger partial charge on any atom is -0.493 e. The molecule has 0 atom stereocenters. The lowest BCUT2D eigenvalue weighted by molar-refractivity contribution is 0.258. The third kappa shape index (κ3) is 3.03. The second kappa shape index (κ2) is 6.78. The molecule has 0 saturated carbocycles. The Hall–Kier alpha value is -3.41. The number of rotatable bonds is 4. The van der Waals surface area contributed by atoms with Crippen LogP contribution in [0.2, 0.25) is 0 Å². The summed E-state index contributed by atoms with van der Waals surface area (Å²) in [7, 11) is 0. The van der Waals surface area contributed by atoms with E-state index in [1.54, 1.807) is 22.8 Å². The van der Waals surface area contributed by atoms with Crippen molar-refractivity contribution in [1.82, 2.24) is 4.57 Å². The number of aromatic hydroxyl groups is 1. The zero-order chi connectivity index (χ0) is 16.9. The summed E-state index contributed by atoms with van der Waals surface area (Å²) in [5, 5.41) is 21.3. The largest absolute Gasteiger partial charge is 0.493 e. The number of aromatic nitrogens is 1. The summed E-state index contributed by atoms with van der Waals surface area (Å²) in [6.45, 7) is 4.11. The minimum absolute atomic E-state index is 0.0487. The molecule has 3 aromatic rings. The van der Waals surface area contributed by atoms with Crippen LogP contribution in [0.15, 0.2) is 77.5 Å². The highest BCUT2D eigenvalue weighted by Gasteiger charge is 2.15. The highest BCUT2D eigenvalue weighted by Crippen LogP contribution is 2.38. The van der Waals surface area contributed by atoms with E-state index < -0.39 is 6.03 Å². The summed E-state index contributed by atoms with van der Waals surface area (Å²) < 4.78 is 1.66. The average molecular weight is 320 g/mol. The maximum atomic E-state index is 11.9. The van der Waals surface area contributed by atoms with Crippen LogP contribution in [0.25, 0.3) is 10.9 Å². The second-order valence-electron chi connectivity index (χ2n) is 5.08. The number of hydrogen-bond donors (Lipinski definition) is 2. The summed E-state index contributed by atoms with van der Waals surface area (Å²) in [4.78, 5) is 11.9. The predicted octanol–water partition coefficient (Wildman–Crippen LogP) is 4.85. The van der Waals surface area contributed by atoms with E-state index in [1.165, 1.54) is 0 Å². The maximum Gasteiger partial charge on any atom is 0.364 e. The first-order valence-corrected chi connectivity index (χ1v) is 7.39. The van der Waals surface area contributed by atoms with Gasteiger partial charge in [0.25, 0.3) is 0 Å². The van der Waals surface area contributed by atoms with E-state index in [2.05, 4.69) is 22.1 Å². The van der Waals surface area contributed by atoms with Crippen LogP contribution in [0, 0.1) is 0 Å². The first-order chi connectivity index (χ1) is 11.7. The van der Waals surface area contributed by atoms with Crippen LogP contribution in [-0.4, -0.2) is 15.7 Å². The number of nitrogens with zero attached hydrogens (tertiary/aromatic N) is 3.